The topological polar surface area (TPSA) is 121 Å². The van der Waals surface area contributed by atoms with Gasteiger partial charge in [0.1, 0.15) is 11.5 Å². The highest BCUT2D eigenvalue weighted by Crippen LogP contribution is 2.39. The fraction of sp³-hybridized carbons (Fsp3) is 0.583. The van der Waals surface area contributed by atoms with Gasteiger partial charge in [0.25, 0.3) is 0 Å². The van der Waals surface area contributed by atoms with E-state index in [0.717, 1.165) is 0 Å². The maximum absolute atomic E-state index is 13.5. The first-order valence-electron chi connectivity index (χ1n) is 10.4. The zero-order valence-corrected chi connectivity index (χ0v) is 20.2. The first-order valence-corrected chi connectivity index (χ1v) is 10.4. The first kappa shape index (κ1) is 26.8. The zero-order chi connectivity index (χ0) is 24.7. The molecule has 1 amide bonds. The molecule has 8 nitrogen and oxygen atoms in total. The van der Waals surface area contributed by atoms with E-state index in [-0.39, 0.29) is 34.6 Å². The molecule has 0 saturated heterocycles. The average Bonchev–Trinajstić information content (AvgIpc) is 2.68. The summed E-state index contributed by atoms with van der Waals surface area (Å²) < 4.78 is 15.9. The van der Waals surface area contributed by atoms with Crippen LogP contribution >= 0.6 is 0 Å². The van der Waals surface area contributed by atoms with E-state index in [2.05, 4.69) is 26.1 Å². The molecule has 1 N–H and O–H groups in total. The van der Waals surface area contributed by atoms with Crippen molar-refractivity contribution in [3.63, 3.8) is 0 Å². The number of nitrogens with one attached hydrogen (secondary N) is 1. The number of carbonyl (C=O) groups excluding carboxylic acids is 2. The largest absolute Gasteiger partial charge is 0.493 e. The Morgan fingerprint density at radius 3 is 2.09 bits per heavy atom. The Hall–Kier alpha value is -3.26. The van der Waals surface area contributed by atoms with E-state index in [1.165, 1.54) is 26.4 Å². The summed E-state index contributed by atoms with van der Waals surface area (Å²) in [5.41, 5.74) is -0.574. The predicted molar refractivity (Wildman–Crippen MR) is 119 cm³/mol. The highest BCUT2D eigenvalue weighted by molar-refractivity contribution is 5.98. The number of nitrogens with zero attached hydrogens (tertiary/aromatic N) is 2. The van der Waals surface area contributed by atoms with Crippen LogP contribution in [-0.4, -0.2) is 38.2 Å². The second kappa shape index (κ2) is 10.9. The normalized spacial score (nSPS) is 12.3. The molecule has 0 spiro atoms. The van der Waals surface area contributed by atoms with Gasteiger partial charge < -0.3 is 19.5 Å². The van der Waals surface area contributed by atoms with Crippen LogP contribution in [0.25, 0.3) is 0 Å². The van der Waals surface area contributed by atoms with Gasteiger partial charge in [0.2, 0.25) is 5.91 Å². The van der Waals surface area contributed by atoms with Crippen LogP contribution < -0.4 is 14.8 Å². The molecule has 0 saturated carbocycles. The Balaban J connectivity index is 3.70. The van der Waals surface area contributed by atoms with Crippen LogP contribution in [0.2, 0.25) is 0 Å². The molecule has 174 valence electrons. The van der Waals surface area contributed by atoms with E-state index < -0.39 is 29.3 Å². The number of methoxy groups -OCH3 is 2. The van der Waals surface area contributed by atoms with Gasteiger partial charge in [-0.1, -0.05) is 26.8 Å². The summed E-state index contributed by atoms with van der Waals surface area (Å²) in [6, 6.07) is 6.79. The summed E-state index contributed by atoms with van der Waals surface area (Å²) >= 11 is 0. The van der Waals surface area contributed by atoms with E-state index >= 15 is 0 Å². The minimum Gasteiger partial charge on any atom is -0.493 e. The van der Waals surface area contributed by atoms with Crippen LogP contribution in [0.5, 0.6) is 11.5 Å². The van der Waals surface area contributed by atoms with Gasteiger partial charge in [-0.15, -0.1) is 0 Å². The second-order valence-electron chi connectivity index (χ2n) is 9.31. The van der Waals surface area contributed by atoms with Crippen molar-refractivity contribution in [1.82, 2.24) is 5.32 Å². The number of carbonyl (C=O) groups is 2. The van der Waals surface area contributed by atoms with Crippen molar-refractivity contribution in [1.29, 1.82) is 10.5 Å². The van der Waals surface area contributed by atoms with E-state index in [1.807, 2.05) is 26.0 Å². The summed E-state index contributed by atoms with van der Waals surface area (Å²) in [5.74, 6) is -3.53. The molecule has 1 aromatic carbocycles. The number of ether oxygens (including phenoxy) is 3. The van der Waals surface area contributed by atoms with E-state index in [1.54, 1.807) is 6.92 Å². The predicted octanol–water partition coefficient (Wildman–Crippen LogP) is 3.96. The van der Waals surface area contributed by atoms with E-state index in [9.17, 15) is 20.1 Å². The Kier molecular flexibility index (Phi) is 9.09. The quantitative estimate of drug-likeness (QED) is 0.573. The molecule has 0 aliphatic carbocycles. The lowest BCUT2D eigenvalue weighted by molar-refractivity contribution is -0.124. The molecular formula is C24H33N3O5. The first-order chi connectivity index (χ1) is 14.9. The fourth-order valence-electron chi connectivity index (χ4n) is 4.05. The average molecular weight is 444 g/mol. The number of rotatable bonds is 9. The number of esters is 1. The highest BCUT2D eigenvalue weighted by atomic mass is 16.5. The third-order valence-electron chi connectivity index (χ3n) is 4.72. The van der Waals surface area contributed by atoms with Gasteiger partial charge in [0, 0.05) is 5.54 Å². The molecule has 1 aromatic rings. The lowest BCUT2D eigenvalue weighted by Gasteiger charge is -2.35. The van der Waals surface area contributed by atoms with Crippen LogP contribution in [0, 0.1) is 34.0 Å². The van der Waals surface area contributed by atoms with Crippen molar-refractivity contribution < 1.29 is 23.8 Å². The Labute approximate surface area is 190 Å². The molecule has 0 fully saturated rings. The summed E-state index contributed by atoms with van der Waals surface area (Å²) in [6.45, 7) is 11.7. The van der Waals surface area contributed by atoms with Crippen molar-refractivity contribution in [2.75, 3.05) is 20.8 Å². The Bertz CT molecular complexity index is 905. The molecular weight excluding hydrogens is 410 g/mol. The Morgan fingerprint density at radius 1 is 1.06 bits per heavy atom. The minimum atomic E-state index is -1.34. The molecule has 0 heterocycles. The smallest absolute Gasteiger partial charge is 0.342 e. The molecule has 1 rings (SSSR count). The van der Waals surface area contributed by atoms with Gasteiger partial charge in [-0.05, 0) is 44.2 Å². The van der Waals surface area contributed by atoms with E-state index in [4.69, 9.17) is 14.2 Å². The van der Waals surface area contributed by atoms with Crippen LogP contribution in [0.4, 0.5) is 0 Å². The van der Waals surface area contributed by atoms with Crippen LogP contribution in [-0.2, 0) is 9.53 Å². The summed E-state index contributed by atoms with van der Waals surface area (Å²) in [7, 11) is 2.77. The van der Waals surface area contributed by atoms with Crippen molar-refractivity contribution >= 4 is 11.9 Å². The minimum absolute atomic E-state index is 0.0435. The lowest BCUT2D eigenvalue weighted by atomic mass is 9.80. The monoisotopic (exact) mass is 443 g/mol. The SMILES string of the molecule is CCOC(=O)c1c(C(C(=O)NC(C)(C)CC(C)(C)C)C(C#N)C#N)ccc(OC)c1OC. The lowest BCUT2D eigenvalue weighted by Crippen LogP contribution is -2.48. The molecule has 1 atom stereocenters. The molecule has 1 unspecified atom stereocenters. The van der Waals surface area contributed by atoms with E-state index in [0.29, 0.717) is 6.42 Å². The fourth-order valence-corrected chi connectivity index (χ4v) is 4.05. The molecule has 0 aromatic heterocycles. The van der Waals surface area contributed by atoms with Crippen molar-refractivity contribution in [3.8, 4) is 23.6 Å². The third-order valence-corrected chi connectivity index (χ3v) is 4.72. The van der Waals surface area contributed by atoms with Gasteiger partial charge in [-0.25, -0.2) is 4.79 Å². The van der Waals surface area contributed by atoms with Crippen LogP contribution in [0.3, 0.4) is 0 Å². The number of amides is 1. The molecule has 0 aliphatic heterocycles. The highest BCUT2D eigenvalue weighted by Gasteiger charge is 2.39. The van der Waals surface area contributed by atoms with Gasteiger partial charge in [-0.3, -0.25) is 4.79 Å². The zero-order valence-electron chi connectivity index (χ0n) is 20.2. The maximum atomic E-state index is 13.5. The molecule has 32 heavy (non-hydrogen) atoms. The summed E-state index contributed by atoms with van der Waals surface area (Å²) in [5, 5.41) is 22.2. The molecule has 8 heteroatoms. The van der Waals surface area contributed by atoms with Gasteiger partial charge >= 0.3 is 5.97 Å². The number of nitriles is 2. The Morgan fingerprint density at radius 2 is 1.66 bits per heavy atom. The van der Waals surface area contributed by atoms with Crippen molar-refractivity contribution in [3.05, 3.63) is 23.3 Å². The third kappa shape index (κ3) is 6.62. The van der Waals surface area contributed by atoms with Gasteiger partial charge in [0.15, 0.2) is 11.5 Å². The van der Waals surface area contributed by atoms with Crippen molar-refractivity contribution in [2.24, 2.45) is 11.3 Å². The van der Waals surface area contributed by atoms with Gasteiger partial charge in [-0.2, -0.15) is 10.5 Å². The second-order valence-corrected chi connectivity index (χ2v) is 9.31. The standard InChI is InChI=1S/C24H33N3O5/c1-9-32-22(29)19-16(10-11-17(30-7)20(19)31-8)18(15(12-25)13-26)21(28)27-24(5,6)14-23(2,3)4/h10-11,15,18H,9,14H2,1-8H3,(H,27,28). The van der Waals surface area contributed by atoms with Gasteiger partial charge in [0.05, 0.1) is 38.9 Å². The van der Waals surface area contributed by atoms with Crippen molar-refractivity contribution in [2.45, 2.75) is 59.4 Å². The molecule has 0 bridgehead atoms. The summed E-state index contributed by atoms with van der Waals surface area (Å²) in [4.78, 5) is 26.3. The van der Waals surface area contributed by atoms with Crippen LogP contribution in [0.15, 0.2) is 12.1 Å². The molecule has 0 aliphatic rings. The number of hydrogen-bond donors (Lipinski definition) is 1. The number of benzene rings is 1. The summed E-state index contributed by atoms with van der Waals surface area (Å²) in [6.07, 6.45) is 0.652. The van der Waals surface area contributed by atoms with Crippen LogP contribution in [0.1, 0.15) is 69.8 Å². The maximum Gasteiger partial charge on any atom is 0.342 e. The molecule has 0 radical (unpaired) electrons. The number of hydrogen-bond acceptors (Lipinski definition) is 7.